The van der Waals surface area contributed by atoms with E-state index in [0.29, 0.717) is 22.2 Å². The van der Waals surface area contributed by atoms with Crippen LogP contribution in [0, 0.1) is 0 Å². The van der Waals surface area contributed by atoms with Crippen LogP contribution in [0.2, 0.25) is 0 Å². The molecule has 3 aromatic carbocycles. The van der Waals surface area contributed by atoms with Gasteiger partial charge in [0.15, 0.2) is 11.7 Å². The minimum Gasteiger partial charge on any atom is -0.494 e. The van der Waals surface area contributed by atoms with Gasteiger partial charge in [-0.05, 0) is 56.4 Å². The molecule has 4 aromatic rings. The minimum absolute atomic E-state index is 0.0262. The first-order valence-electron chi connectivity index (χ1n) is 10.9. The Hall–Kier alpha value is -4.23. The van der Waals surface area contributed by atoms with Crippen molar-refractivity contribution in [3.63, 3.8) is 0 Å². The van der Waals surface area contributed by atoms with Crippen molar-refractivity contribution in [1.82, 2.24) is 9.88 Å². The lowest BCUT2D eigenvalue weighted by Gasteiger charge is -2.08. The molecule has 0 radical (unpaired) electrons. The third-order valence-corrected chi connectivity index (χ3v) is 5.62. The molecule has 0 bridgehead atoms. The average molecular weight is 455 g/mol. The number of aromatic amines is 1. The first kappa shape index (κ1) is 22.9. The van der Waals surface area contributed by atoms with Gasteiger partial charge >= 0.3 is 0 Å². The third-order valence-electron chi connectivity index (χ3n) is 5.62. The van der Waals surface area contributed by atoms with Crippen LogP contribution in [-0.4, -0.2) is 53.5 Å². The molecule has 0 fully saturated rings. The van der Waals surface area contributed by atoms with E-state index in [4.69, 9.17) is 5.73 Å². The number of ketones is 1. The quantitative estimate of drug-likeness (QED) is 0.275. The van der Waals surface area contributed by atoms with Crippen molar-refractivity contribution >= 4 is 34.5 Å². The molecule has 34 heavy (non-hydrogen) atoms. The zero-order chi connectivity index (χ0) is 24.2. The van der Waals surface area contributed by atoms with Crippen LogP contribution in [-0.2, 0) is 6.42 Å². The summed E-state index contributed by atoms with van der Waals surface area (Å²) in [5.74, 6) is -0.864. The number of likely N-dealkylation sites (N-methyl/N-ethyl adjacent to an activating group) is 1. The Morgan fingerprint density at radius 1 is 1.00 bits per heavy atom. The van der Waals surface area contributed by atoms with Crippen LogP contribution in [0.15, 0.2) is 71.7 Å². The lowest BCUT2D eigenvalue weighted by atomic mass is 10.00. The molecule has 0 unspecified atom stereocenters. The van der Waals surface area contributed by atoms with Crippen molar-refractivity contribution in [1.29, 1.82) is 0 Å². The molecule has 0 aliphatic carbocycles. The summed E-state index contributed by atoms with van der Waals surface area (Å²) in [6.07, 6.45) is 2.58. The summed E-state index contributed by atoms with van der Waals surface area (Å²) in [6, 6.07) is 19.4. The molecule has 0 spiro atoms. The Morgan fingerprint density at radius 3 is 2.41 bits per heavy atom. The number of carbonyl (C=O) groups is 2. The first-order chi connectivity index (χ1) is 16.3. The Bertz CT molecular complexity index is 1390. The molecule has 7 heteroatoms. The second-order valence-electron chi connectivity index (χ2n) is 8.40. The molecular formula is C27H26N4O3. The molecular weight excluding hydrogens is 428 g/mol. The number of rotatable bonds is 8. The van der Waals surface area contributed by atoms with Gasteiger partial charge in [-0.3, -0.25) is 14.6 Å². The van der Waals surface area contributed by atoms with Crippen LogP contribution < -0.4 is 5.73 Å². The third kappa shape index (κ3) is 5.05. The zero-order valence-electron chi connectivity index (χ0n) is 19.1. The number of H-pyrrole nitrogens is 1. The molecule has 4 N–H and O–H groups in total. The maximum absolute atomic E-state index is 12.9. The van der Waals surface area contributed by atoms with E-state index in [1.54, 1.807) is 42.6 Å². The summed E-state index contributed by atoms with van der Waals surface area (Å²) >= 11 is 0. The number of aromatic nitrogens is 1. The Morgan fingerprint density at radius 2 is 1.71 bits per heavy atom. The van der Waals surface area contributed by atoms with Gasteiger partial charge in [-0.25, -0.2) is 0 Å². The number of carbonyl (C=O) groups excluding carboxylic acids is 2. The Kier molecular flexibility index (Phi) is 6.56. The fourth-order valence-corrected chi connectivity index (χ4v) is 3.70. The molecule has 0 aliphatic rings. The predicted octanol–water partition coefficient (Wildman–Crippen LogP) is 4.06. The normalized spacial score (nSPS) is 11.5. The van der Waals surface area contributed by atoms with Gasteiger partial charge in [0.2, 0.25) is 5.91 Å². The monoisotopic (exact) mass is 454 g/mol. The van der Waals surface area contributed by atoms with E-state index < -0.39 is 5.91 Å². The Balaban J connectivity index is 1.56. The molecule has 4 rings (SSSR count). The summed E-state index contributed by atoms with van der Waals surface area (Å²) in [4.78, 5) is 33.9. The number of hydrogen-bond donors (Lipinski definition) is 3. The van der Waals surface area contributed by atoms with E-state index in [1.165, 1.54) is 11.6 Å². The molecule has 7 nitrogen and oxygen atoms in total. The molecule has 1 aromatic heterocycles. The summed E-state index contributed by atoms with van der Waals surface area (Å²) < 4.78 is 0. The van der Waals surface area contributed by atoms with Crippen molar-refractivity contribution in [2.75, 3.05) is 20.6 Å². The summed E-state index contributed by atoms with van der Waals surface area (Å²) in [7, 11) is 4.10. The van der Waals surface area contributed by atoms with Crippen LogP contribution in [0.3, 0.4) is 0 Å². The smallest absolute Gasteiger partial charge is 0.248 e. The average Bonchev–Trinajstić information content (AvgIpc) is 3.15. The molecule has 0 saturated heterocycles. The van der Waals surface area contributed by atoms with E-state index in [-0.39, 0.29) is 17.2 Å². The van der Waals surface area contributed by atoms with Gasteiger partial charge in [0.05, 0.1) is 11.3 Å². The van der Waals surface area contributed by atoms with Gasteiger partial charge < -0.3 is 20.7 Å². The number of nitrogens with zero attached hydrogens (tertiary/aromatic N) is 2. The van der Waals surface area contributed by atoms with Crippen LogP contribution >= 0.6 is 0 Å². The van der Waals surface area contributed by atoms with Crippen molar-refractivity contribution in [3.8, 4) is 5.88 Å². The number of nitrogens with one attached hydrogen (secondary N) is 1. The number of nitrogens with two attached hydrogens (primary N) is 1. The number of benzene rings is 3. The Labute approximate surface area is 197 Å². The van der Waals surface area contributed by atoms with E-state index in [1.807, 2.05) is 26.2 Å². The predicted molar refractivity (Wildman–Crippen MR) is 134 cm³/mol. The first-order valence-corrected chi connectivity index (χ1v) is 10.9. The van der Waals surface area contributed by atoms with Gasteiger partial charge in [-0.15, -0.1) is 0 Å². The van der Waals surface area contributed by atoms with E-state index in [0.717, 1.165) is 24.0 Å². The maximum atomic E-state index is 12.9. The summed E-state index contributed by atoms with van der Waals surface area (Å²) in [5.41, 5.74) is 9.55. The van der Waals surface area contributed by atoms with Crippen LogP contribution in [0.4, 0.5) is 5.69 Å². The van der Waals surface area contributed by atoms with E-state index in [2.05, 4.69) is 27.0 Å². The highest BCUT2D eigenvalue weighted by molar-refractivity contribution is 6.12. The fourth-order valence-electron chi connectivity index (χ4n) is 3.70. The van der Waals surface area contributed by atoms with Crippen molar-refractivity contribution in [3.05, 3.63) is 94.5 Å². The zero-order valence-corrected chi connectivity index (χ0v) is 19.1. The molecule has 172 valence electrons. The highest BCUT2D eigenvalue weighted by Crippen LogP contribution is 2.28. The van der Waals surface area contributed by atoms with Gasteiger partial charge in [-0.1, -0.05) is 36.4 Å². The number of amides is 1. The number of aromatic hydroxyl groups is 1. The molecule has 0 atom stereocenters. The number of hydrogen-bond acceptors (Lipinski definition) is 5. The van der Waals surface area contributed by atoms with Gasteiger partial charge in [-0.2, -0.15) is 0 Å². The summed E-state index contributed by atoms with van der Waals surface area (Å²) in [5, 5.41) is 11.2. The van der Waals surface area contributed by atoms with E-state index >= 15 is 0 Å². The van der Waals surface area contributed by atoms with Crippen molar-refractivity contribution in [2.24, 2.45) is 10.7 Å². The van der Waals surface area contributed by atoms with E-state index in [9.17, 15) is 14.7 Å². The fraction of sp³-hybridized carbons (Fsp3) is 0.148. The SMILES string of the molecule is CN(C)CCc1ccc(N=Cc2c(O)[nH]c3cc(C(=O)c4cccc(C(N)=O)c4)ccc23)cc1. The van der Waals surface area contributed by atoms with Crippen molar-refractivity contribution < 1.29 is 14.7 Å². The van der Waals surface area contributed by atoms with Gasteiger partial charge in [0.1, 0.15) is 0 Å². The van der Waals surface area contributed by atoms with Gasteiger partial charge in [0.25, 0.3) is 0 Å². The number of aliphatic imine (C=N–C) groups is 1. The number of fused-ring (bicyclic) bond motifs is 1. The maximum Gasteiger partial charge on any atom is 0.248 e. The lowest BCUT2D eigenvalue weighted by molar-refractivity contribution is 0.1000. The summed E-state index contributed by atoms with van der Waals surface area (Å²) in [6.45, 7) is 0.979. The standard InChI is InChI=1S/C27H26N4O3/c1-31(2)13-12-17-6-9-21(10-7-17)29-16-23-22-11-8-19(15-24(22)30-27(23)34)25(32)18-4-3-5-20(14-18)26(28)33/h3-11,14-16,30,34H,12-13H2,1-2H3,(H2,28,33). The van der Waals surface area contributed by atoms with Crippen molar-refractivity contribution in [2.45, 2.75) is 6.42 Å². The largest absolute Gasteiger partial charge is 0.494 e. The lowest BCUT2D eigenvalue weighted by Crippen LogP contribution is -2.14. The molecule has 1 amide bonds. The second kappa shape index (κ2) is 9.72. The molecule has 0 aliphatic heterocycles. The molecule has 0 saturated carbocycles. The van der Waals surface area contributed by atoms with Crippen LogP contribution in [0.25, 0.3) is 10.9 Å². The van der Waals surface area contributed by atoms with Crippen LogP contribution in [0.5, 0.6) is 5.88 Å². The molecule has 1 heterocycles. The topological polar surface area (TPSA) is 112 Å². The minimum atomic E-state index is -0.591. The highest BCUT2D eigenvalue weighted by atomic mass is 16.3. The van der Waals surface area contributed by atoms with Crippen LogP contribution in [0.1, 0.15) is 37.4 Å². The van der Waals surface area contributed by atoms with Gasteiger partial charge in [0, 0.05) is 40.4 Å². The second-order valence-corrected chi connectivity index (χ2v) is 8.40. The number of primary amides is 1. The highest BCUT2D eigenvalue weighted by Gasteiger charge is 2.15.